The van der Waals surface area contributed by atoms with Gasteiger partial charge in [0.25, 0.3) is 0 Å². The van der Waals surface area contributed by atoms with Crippen molar-refractivity contribution in [2.45, 2.75) is 19.3 Å². The quantitative estimate of drug-likeness (QED) is 0.847. The Bertz CT molecular complexity index is 712. The molecule has 3 heterocycles. The van der Waals surface area contributed by atoms with Crippen LogP contribution >= 0.6 is 0 Å². The SMILES string of the molecule is c1ccc(-c2cc(NCCN3CCOCC3)nc(N3CCCCC3)n2)cc1. The second kappa shape index (κ2) is 9.15. The summed E-state index contributed by atoms with van der Waals surface area (Å²) >= 11 is 0. The Morgan fingerprint density at radius 1 is 0.926 bits per heavy atom. The molecule has 6 nitrogen and oxygen atoms in total. The molecule has 144 valence electrons. The predicted octanol–water partition coefficient (Wildman–Crippen LogP) is 2.88. The predicted molar refractivity (Wildman–Crippen MR) is 109 cm³/mol. The second-order valence-electron chi connectivity index (χ2n) is 7.23. The average Bonchev–Trinajstić information content (AvgIpc) is 2.76. The lowest BCUT2D eigenvalue weighted by Crippen LogP contribution is -2.39. The molecule has 0 spiro atoms. The van der Waals surface area contributed by atoms with Crippen molar-refractivity contribution in [3.63, 3.8) is 0 Å². The van der Waals surface area contributed by atoms with Crippen LogP contribution in [0.5, 0.6) is 0 Å². The van der Waals surface area contributed by atoms with E-state index in [1.54, 1.807) is 0 Å². The lowest BCUT2D eigenvalue weighted by atomic mass is 10.1. The minimum atomic E-state index is 0.838. The van der Waals surface area contributed by atoms with Crippen LogP contribution in [0.2, 0.25) is 0 Å². The highest BCUT2D eigenvalue weighted by molar-refractivity contribution is 5.64. The molecule has 0 amide bonds. The third-order valence-corrected chi connectivity index (χ3v) is 5.26. The number of hydrogen-bond acceptors (Lipinski definition) is 6. The molecule has 2 aromatic rings. The monoisotopic (exact) mass is 367 g/mol. The molecule has 2 fully saturated rings. The van der Waals surface area contributed by atoms with Gasteiger partial charge in [-0.2, -0.15) is 4.98 Å². The fraction of sp³-hybridized carbons (Fsp3) is 0.524. The Kier molecular flexibility index (Phi) is 6.17. The van der Waals surface area contributed by atoms with Crippen molar-refractivity contribution in [3.05, 3.63) is 36.4 Å². The van der Waals surface area contributed by atoms with Gasteiger partial charge in [0.15, 0.2) is 0 Å². The van der Waals surface area contributed by atoms with Crippen molar-refractivity contribution in [2.24, 2.45) is 0 Å². The van der Waals surface area contributed by atoms with Gasteiger partial charge in [0, 0.05) is 50.9 Å². The maximum Gasteiger partial charge on any atom is 0.227 e. The van der Waals surface area contributed by atoms with Gasteiger partial charge in [0.2, 0.25) is 5.95 Å². The standard InChI is InChI=1S/C21H29N5O/c1-3-7-18(8-4-1)19-17-20(22-9-12-25-13-15-27-16-14-25)24-21(23-19)26-10-5-2-6-11-26/h1,3-4,7-8,17H,2,5-6,9-16H2,(H,22,23,24). The van der Waals surface area contributed by atoms with Crippen molar-refractivity contribution in [3.8, 4) is 11.3 Å². The van der Waals surface area contributed by atoms with Gasteiger partial charge in [0.05, 0.1) is 18.9 Å². The van der Waals surface area contributed by atoms with Crippen LogP contribution in [-0.4, -0.2) is 67.4 Å². The molecule has 2 saturated heterocycles. The topological polar surface area (TPSA) is 53.5 Å². The minimum absolute atomic E-state index is 0.838. The fourth-order valence-electron chi connectivity index (χ4n) is 3.68. The zero-order chi connectivity index (χ0) is 18.3. The maximum atomic E-state index is 5.42. The lowest BCUT2D eigenvalue weighted by Gasteiger charge is -2.28. The molecule has 0 radical (unpaired) electrons. The van der Waals surface area contributed by atoms with Gasteiger partial charge in [0.1, 0.15) is 5.82 Å². The molecule has 0 bridgehead atoms. The van der Waals surface area contributed by atoms with Crippen molar-refractivity contribution >= 4 is 11.8 Å². The van der Waals surface area contributed by atoms with E-state index in [2.05, 4.69) is 45.4 Å². The summed E-state index contributed by atoms with van der Waals surface area (Å²) in [6.07, 6.45) is 3.75. The second-order valence-corrected chi connectivity index (χ2v) is 7.23. The molecule has 1 aromatic heterocycles. The maximum absolute atomic E-state index is 5.42. The van der Waals surface area contributed by atoms with Crippen molar-refractivity contribution in [2.75, 3.05) is 62.7 Å². The molecule has 4 rings (SSSR count). The van der Waals surface area contributed by atoms with Crippen LogP contribution in [-0.2, 0) is 4.74 Å². The first kappa shape index (κ1) is 18.2. The molecule has 0 aliphatic carbocycles. The number of aromatic nitrogens is 2. The number of ether oxygens (including phenoxy) is 1. The summed E-state index contributed by atoms with van der Waals surface area (Å²) in [5.74, 6) is 1.77. The molecule has 1 aromatic carbocycles. The molecule has 2 aliphatic heterocycles. The Morgan fingerprint density at radius 2 is 1.70 bits per heavy atom. The van der Waals surface area contributed by atoms with E-state index in [1.807, 2.05) is 6.07 Å². The summed E-state index contributed by atoms with van der Waals surface area (Å²) in [5.41, 5.74) is 2.12. The summed E-state index contributed by atoms with van der Waals surface area (Å²) in [4.78, 5) is 14.5. The zero-order valence-corrected chi connectivity index (χ0v) is 15.9. The van der Waals surface area contributed by atoms with E-state index in [9.17, 15) is 0 Å². The van der Waals surface area contributed by atoms with Gasteiger partial charge in [-0.25, -0.2) is 4.98 Å². The summed E-state index contributed by atoms with van der Waals surface area (Å²) in [7, 11) is 0. The largest absolute Gasteiger partial charge is 0.379 e. The molecule has 27 heavy (non-hydrogen) atoms. The third-order valence-electron chi connectivity index (χ3n) is 5.26. The number of benzene rings is 1. The average molecular weight is 367 g/mol. The molecule has 0 atom stereocenters. The highest BCUT2D eigenvalue weighted by atomic mass is 16.5. The van der Waals surface area contributed by atoms with Gasteiger partial charge >= 0.3 is 0 Å². The summed E-state index contributed by atoms with van der Waals surface area (Å²) < 4.78 is 5.42. The van der Waals surface area contributed by atoms with Gasteiger partial charge in [-0.1, -0.05) is 30.3 Å². The van der Waals surface area contributed by atoms with Gasteiger partial charge in [-0.3, -0.25) is 4.90 Å². The van der Waals surface area contributed by atoms with Crippen LogP contribution in [0.3, 0.4) is 0 Å². The summed E-state index contributed by atoms with van der Waals surface area (Å²) in [6, 6.07) is 12.5. The van der Waals surface area contributed by atoms with Crippen molar-refractivity contribution in [1.29, 1.82) is 0 Å². The van der Waals surface area contributed by atoms with E-state index in [4.69, 9.17) is 14.7 Å². The lowest BCUT2D eigenvalue weighted by molar-refractivity contribution is 0.0398. The minimum Gasteiger partial charge on any atom is -0.379 e. The van der Waals surface area contributed by atoms with E-state index in [0.29, 0.717) is 0 Å². The van der Waals surface area contributed by atoms with E-state index in [0.717, 1.165) is 75.5 Å². The molecular weight excluding hydrogens is 338 g/mol. The highest BCUT2D eigenvalue weighted by Crippen LogP contribution is 2.24. The van der Waals surface area contributed by atoms with Crippen LogP contribution in [0, 0.1) is 0 Å². The number of anilines is 2. The van der Waals surface area contributed by atoms with Crippen LogP contribution in [0.15, 0.2) is 36.4 Å². The van der Waals surface area contributed by atoms with Crippen LogP contribution in [0.1, 0.15) is 19.3 Å². The van der Waals surface area contributed by atoms with Crippen molar-refractivity contribution < 1.29 is 4.74 Å². The smallest absolute Gasteiger partial charge is 0.227 e. The Morgan fingerprint density at radius 3 is 2.48 bits per heavy atom. The van der Waals surface area contributed by atoms with Crippen LogP contribution in [0.4, 0.5) is 11.8 Å². The molecule has 0 saturated carbocycles. The Labute approximate surface area is 161 Å². The number of piperidine rings is 1. The number of nitrogens with one attached hydrogen (secondary N) is 1. The molecular formula is C21H29N5O. The molecule has 1 N–H and O–H groups in total. The van der Waals surface area contributed by atoms with E-state index in [1.165, 1.54) is 19.3 Å². The number of morpholine rings is 1. The third kappa shape index (κ3) is 4.96. The zero-order valence-electron chi connectivity index (χ0n) is 15.9. The molecule has 0 unspecified atom stereocenters. The summed E-state index contributed by atoms with van der Waals surface area (Å²) in [5, 5.41) is 3.52. The van der Waals surface area contributed by atoms with Gasteiger partial charge in [-0.15, -0.1) is 0 Å². The first-order valence-electron chi connectivity index (χ1n) is 10.1. The van der Waals surface area contributed by atoms with Gasteiger partial charge in [-0.05, 0) is 19.3 Å². The Hall–Kier alpha value is -2.18. The fourth-order valence-corrected chi connectivity index (χ4v) is 3.68. The van der Waals surface area contributed by atoms with Crippen LogP contribution < -0.4 is 10.2 Å². The number of nitrogens with zero attached hydrogens (tertiary/aromatic N) is 4. The number of hydrogen-bond donors (Lipinski definition) is 1. The molecule has 2 aliphatic rings. The first-order valence-corrected chi connectivity index (χ1v) is 10.1. The highest BCUT2D eigenvalue weighted by Gasteiger charge is 2.16. The normalized spacial score (nSPS) is 18.4. The summed E-state index contributed by atoms with van der Waals surface area (Å²) in [6.45, 7) is 7.68. The Balaban J connectivity index is 1.50. The first-order chi connectivity index (χ1) is 13.4. The number of rotatable bonds is 6. The van der Waals surface area contributed by atoms with E-state index in [-0.39, 0.29) is 0 Å². The van der Waals surface area contributed by atoms with E-state index < -0.39 is 0 Å². The van der Waals surface area contributed by atoms with Crippen molar-refractivity contribution in [1.82, 2.24) is 14.9 Å². The van der Waals surface area contributed by atoms with Gasteiger partial charge < -0.3 is 15.0 Å². The van der Waals surface area contributed by atoms with Crippen LogP contribution in [0.25, 0.3) is 11.3 Å². The molecule has 6 heteroatoms. The van der Waals surface area contributed by atoms with E-state index >= 15 is 0 Å².